The molecule has 1 saturated heterocycles. The number of carbonyl (C=O) groups excluding carboxylic acids is 1. The predicted octanol–water partition coefficient (Wildman–Crippen LogP) is -0.0530. The average molecular weight is 171 g/mol. The molecule has 2 atom stereocenters. The summed E-state index contributed by atoms with van der Waals surface area (Å²) in [4.78, 5) is 14.7. The Bertz CT molecular complexity index is 181. The monoisotopic (exact) mass is 171 g/mol. The van der Waals surface area contributed by atoms with Crippen LogP contribution in [0.2, 0.25) is 0 Å². The Morgan fingerprint density at radius 2 is 2.08 bits per heavy atom. The highest BCUT2D eigenvalue weighted by Gasteiger charge is 2.32. The molecular formula is C8H17N3O. The van der Waals surface area contributed by atoms with E-state index >= 15 is 0 Å². The molecule has 70 valence electrons. The summed E-state index contributed by atoms with van der Waals surface area (Å²) in [5, 5.41) is 0. The summed E-state index contributed by atoms with van der Waals surface area (Å²) in [7, 11) is 4.07. The van der Waals surface area contributed by atoms with Crippen LogP contribution in [-0.4, -0.2) is 49.1 Å². The van der Waals surface area contributed by atoms with E-state index in [-0.39, 0.29) is 6.03 Å². The normalized spacial score (nSPS) is 29.8. The van der Waals surface area contributed by atoms with Crippen molar-refractivity contribution in [3.05, 3.63) is 0 Å². The Morgan fingerprint density at radius 1 is 1.50 bits per heavy atom. The van der Waals surface area contributed by atoms with E-state index in [0.29, 0.717) is 12.0 Å². The number of hydrogen-bond donors (Lipinski definition) is 1. The lowest BCUT2D eigenvalue weighted by molar-refractivity contribution is 0.212. The van der Waals surface area contributed by atoms with Gasteiger partial charge in [-0.1, -0.05) is 6.92 Å². The zero-order valence-electron chi connectivity index (χ0n) is 7.95. The number of rotatable bonds is 1. The predicted molar refractivity (Wildman–Crippen MR) is 47.8 cm³/mol. The van der Waals surface area contributed by atoms with Gasteiger partial charge in [0.1, 0.15) is 0 Å². The van der Waals surface area contributed by atoms with E-state index in [9.17, 15) is 4.79 Å². The summed E-state index contributed by atoms with van der Waals surface area (Å²) in [5.41, 5.74) is 5.19. The second-order valence-corrected chi connectivity index (χ2v) is 3.75. The van der Waals surface area contributed by atoms with Crippen molar-refractivity contribution >= 4 is 6.03 Å². The summed E-state index contributed by atoms with van der Waals surface area (Å²) in [5.74, 6) is 0.521. The molecule has 1 rings (SSSR count). The highest BCUT2D eigenvalue weighted by atomic mass is 16.2. The maximum absolute atomic E-state index is 10.8. The van der Waals surface area contributed by atoms with Crippen molar-refractivity contribution in [2.45, 2.75) is 13.0 Å². The highest BCUT2D eigenvalue weighted by Crippen LogP contribution is 2.19. The van der Waals surface area contributed by atoms with Crippen LogP contribution in [-0.2, 0) is 0 Å². The van der Waals surface area contributed by atoms with Gasteiger partial charge in [-0.15, -0.1) is 0 Å². The molecule has 0 bridgehead atoms. The zero-order valence-corrected chi connectivity index (χ0v) is 7.95. The van der Waals surface area contributed by atoms with Crippen LogP contribution in [0.3, 0.4) is 0 Å². The van der Waals surface area contributed by atoms with Gasteiger partial charge in [0.25, 0.3) is 0 Å². The number of amides is 2. The summed E-state index contributed by atoms with van der Waals surface area (Å²) >= 11 is 0. The number of urea groups is 1. The van der Waals surface area contributed by atoms with E-state index in [2.05, 4.69) is 11.8 Å². The fourth-order valence-corrected chi connectivity index (χ4v) is 1.80. The molecular weight excluding hydrogens is 154 g/mol. The summed E-state index contributed by atoms with van der Waals surface area (Å²) in [6.07, 6.45) is 0. The lowest BCUT2D eigenvalue weighted by Gasteiger charge is -2.21. The molecule has 4 nitrogen and oxygen atoms in total. The molecule has 12 heavy (non-hydrogen) atoms. The summed E-state index contributed by atoms with van der Waals surface area (Å²) < 4.78 is 0. The van der Waals surface area contributed by atoms with Crippen molar-refractivity contribution in [1.82, 2.24) is 9.80 Å². The lowest BCUT2D eigenvalue weighted by atomic mass is 10.1. The van der Waals surface area contributed by atoms with Gasteiger partial charge in [0, 0.05) is 19.1 Å². The maximum Gasteiger partial charge on any atom is 0.314 e. The Kier molecular flexibility index (Phi) is 2.57. The molecule has 4 heteroatoms. The average Bonchev–Trinajstić information content (AvgIpc) is 2.30. The molecule has 2 amide bonds. The van der Waals surface area contributed by atoms with Gasteiger partial charge in [-0.2, -0.15) is 0 Å². The number of primary amides is 1. The Labute approximate surface area is 73.3 Å². The molecule has 0 radical (unpaired) electrons. The van der Waals surface area contributed by atoms with Crippen molar-refractivity contribution in [2.24, 2.45) is 11.7 Å². The Morgan fingerprint density at radius 3 is 2.33 bits per heavy atom. The van der Waals surface area contributed by atoms with Crippen LogP contribution < -0.4 is 5.73 Å². The molecule has 0 aromatic rings. The van der Waals surface area contributed by atoms with E-state index in [1.54, 1.807) is 4.90 Å². The summed E-state index contributed by atoms with van der Waals surface area (Å²) in [6.45, 7) is 3.70. The maximum atomic E-state index is 10.8. The largest absolute Gasteiger partial charge is 0.351 e. The van der Waals surface area contributed by atoms with E-state index in [1.165, 1.54) is 0 Å². The third-order valence-corrected chi connectivity index (χ3v) is 2.55. The van der Waals surface area contributed by atoms with Crippen LogP contribution in [0.15, 0.2) is 0 Å². The fraction of sp³-hybridized carbons (Fsp3) is 0.875. The SMILES string of the molecule is CC1CN(C(N)=O)CC1N(C)C. The van der Waals surface area contributed by atoms with Gasteiger partial charge in [-0.05, 0) is 20.0 Å². The molecule has 1 aliphatic rings. The highest BCUT2D eigenvalue weighted by molar-refractivity contribution is 5.72. The fourth-order valence-electron chi connectivity index (χ4n) is 1.80. The quantitative estimate of drug-likeness (QED) is 0.601. The van der Waals surface area contributed by atoms with Crippen LogP contribution in [0.4, 0.5) is 4.79 Å². The topological polar surface area (TPSA) is 49.6 Å². The van der Waals surface area contributed by atoms with Crippen molar-refractivity contribution in [2.75, 3.05) is 27.2 Å². The van der Waals surface area contributed by atoms with Crippen LogP contribution in [0, 0.1) is 5.92 Å². The first kappa shape index (κ1) is 9.32. The number of likely N-dealkylation sites (N-methyl/N-ethyl adjacent to an activating group) is 1. The molecule has 1 aliphatic heterocycles. The van der Waals surface area contributed by atoms with Crippen molar-refractivity contribution in [3.63, 3.8) is 0 Å². The minimum Gasteiger partial charge on any atom is -0.351 e. The second kappa shape index (κ2) is 3.31. The number of nitrogens with two attached hydrogens (primary N) is 1. The van der Waals surface area contributed by atoms with Gasteiger partial charge in [0.15, 0.2) is 0 Å². The van der Waals surface area contributed by atoms with Crippen molar-refractivity contribution in [1.29, 1.82) is 0 Å². The second-order valence-electron chi connectivity index (χ2n) is 3.75. The minimum absolute atomic E-state index is 0.300. The van der Waals surface area contributed by atoms with Crippen LogP contribution >= 0.6 is 0 Å². The van der Waals surface area contributed by atoms with Crippen LogP contribution in [0.5, 0.6) is 0 Å². The first-order chi connectivity index (χ1) is 5.52. The Balaban J connectivity index is 2.56. The van der Waals surface area contributed by atoms with Gasteiger partial charge < -0.3 is 15.5 Å². The summed E-state index contributed by atoms with van der Waals surface area (Å²) in [6, 6.07) is 0.156. The number of nitrogens with zero attached hydrogens (tertiary/aromatic N) is 2. The van der Waals surface area contributed by atoms with E-state index in [4.69, 9.17) is 5.73 Å². The van der Waals surface area contributed by atoms with Gasteiger partial charge in [-0.3, -0.25) is 0 Å². The molecule has 2 N–H and O–H groups in total. The molecule has 0 aliphatic carbocycles. The van der Waals surface area contributed by atoms with E-state index < -0.39 is 0 Å². The third-order valence-electron chi connectivity index (χ3n) is 2.55. The standard InChI is InChI=1S/C8H17N3O/c1-6-4-11(8(9)12)5-7(6)10(2)3/h6-7H,4-5H2,1-3H3,(H2,9,12). The smallest absolute Gasteiger partial charge is 0.314 e. The third kappa shape index (κ3) is 1.69. The first-order valence-electron chi connectivity index (χ1n) is 4.23. The zero-order chi connectivity index (χ0) is 9.30. The lowest BCUT2D eigenvalue weighted by Crippen LogP contribution is -2.37. The van der Waals surface area contributed by atoms with Gasteiger partial charge in [0.2, 0.25) is 0 Å². The van der Waals surface area contributed by atoms with Gasteiger partial charge >= 0.3 is 6.03 Å². The minimum atomic E-state index is -0.300. The molecule has 1 fully saturated rings. The molecule has 0 aromatic carbocycles. The molecule has 0 saturated carbocycles. The van der Waals surface area contributed by atoms with Crippen molar-refractivity contribution < 1.29 is 4.79 Å². The van der Waals surface area contributed by atoms with Crippen molar-refractivity contribution in [3.8, 4) is 0 Å². The first-order valence-corrected chi connectivity index (χ1v) is 4.23. The Hall–Kier alpha value is -0.770. The molecule has 1 heterocycles. The van der Waals surface area contributed by atoms with Gasteiger partial charge in [-0.25, -0.2) is 4.79 Å². The molecule has 0 spiro atoms. The van der Waals surface area contributed by atoms with E-state index in [0.717, 1.165) is 13.1 Å². The number of hydrogen-bond acceptors (Lipinski definition) is 2. The van der Waals surface area contributed by atoms with Crippen LogP contribution in [0.25, 0.3) is 0 Å². The van der Waals surface area contributed by atoms with Gasteiger partial charge in [0.05, 0.1) is 0 Å². The molecule has 0 aromatic heterocycles. The molecule has 2 unspecified atom stereocenters. The number of carbonyl (C=O) groups is 1. The van der Waals surface area contributed by atoms with Crippen LogP contribution in [0.1, 0.15) is 6.92 Å². The van der Waals surface area contributed by atoms with E-state index in [1.807, 2.05) is 14.1 Å². The number of likely N-dealkylation sites (tertiary alicyclic amines) is 1.